The van der Waals surface area contributed by atoms with Crippen molar-refractivity contribution in [3.63, 3.8) is 0 Å². The van der Waals surface area contributed by atoms with E-state index in [0.29, 0.717) is 0 Å². The van der Waals surface area contributed by atoms with Crippen LogP contribution in [-0.4, -0.2) is 37.0 Å². The number of hydrogen-bond donors (Lipinski definition) is 0. The lowest BCUT2D eigenvalue weighted by atomic mass is 10.1. The first-order chi connectivity index (χ1) is 12.8. The summed E-state index contributed by atoms with van der Waals surface area (Å²) < 4.78 is 0. The Morgan fingerprint density at radius 1 is 0.808 bits per heavy atom. The van der Waals surface area contributed by atoms with Crippen molar-refractivity contribution in [2.24, 2.45) is 0 Å². The van der Waals surface area contributed by atoms with Crippen molar-refractivity contribution in [2.75, 3.05) is 31.1 Å². The van der Waals surface area contributed by atoms with Crippen molar-refractivity contribution in [1.82, 2.24) is 4.90 Å². The first-order valence-electron chi connectivity index (χ1n) is 10.1. The summed E-state index contributed by atoms with van der Waals surface area (Å²) in [7, 11) is 0. The fraction of sp³-hybridized carbons (Fsp3) is 0.500. The van der Waals surface area contributed by atoms with Gasteiger partial charge in [-0.05, 0) is 43.7 Å². The third kappa shape index (κ3) is 3.80. The molecule has 3 nitrogen and oxygen atoms in total. The molecule has 0 bridgehead atoms. The third-order valence-electron chi connectivity index (χ3n) is 5.54. The van der Waals surface area contributed by atoms with Gasteiger partial charge in [-0.15, -0.1) is 11.3 Å². The Morgan fingerprint density at radius 2 is 1.42 bits per heavy atom. The van der Waals surface area contributed by atoms with Gasteiger partial charge in [0.2, 0.25) is 0 Å². The lowest BCUT2D eigenvalue weighted by Crippen LogP contribution is -2.35. The number of carbonyl (C=O) groups excluding carboxylic acids is 1. The minimum atomic E-state index is 0.230. The monoisotopic (exact) mass is 368 g/mol. The van der Waals surface area contributed by atoms with Crippen molar-refractivity contribution >= 4 is 22.2 Å². The summed E-state index contributed by atoms with van der Waals surface area (Å²) in [5, 5.41) is 1.29. The Hall–Kier alpha value is -1.81. The topological polar surface area (TPSA) is 23.6 Å². The number of benzene rings is 1. The Labute approximate surface area is 160 Å². The number of rotatable bonds is 3. The summed E-state index contributed by atoms with van der Waals surface area (Å²) in [4.78, 5) is 18.5. The van der Waals surface area contributed by atoms with Gasteiger partial charge < -0.3 is 9.80 Å². The lowest BCUT2D eigenvalue weighted by molar-refractivity contribution is 0.0729. The van der Waals surface area contributed by atoms with Gasteiger partial charge in [0, 0.05) is 31.7 Å². The van der Waals surface area contributed by atoms with E-state index >= 15 is 0 Å². The van der Waals surface area contributed by atoms with Crippen molar-refractivity contribution in [2.45, 2.75) is 44.9 Å². The molecule has 0 unspecified atom stereocenters. The molecule has 1 aromatic heterocycles. The predicted molar refractivity (Wildman–Crippen MR) is 110 cm³/mol. The quantitative estimate of drug-likeness (QED) is 0.722. The number of thiophene rings is 1. The highest BCUT2D eigenvalue weighted by Gasteiger charge is 2.24. The molecule has 2 fully saturated rings. The maximum absolute atomic E-state index is 13.1. The van der Waals surface area contributed by atoms with Crippen LogP contribution in [-0.2, 0) is 0 Å². The third-order valence-corrected chi connectivity index (χ3v) is 6.73. The highest BCUT2D eigenvalue weighted by Crippen LogP contribution is 2.40. The molecule has 138 valence electrons. The maximum Gasteiger partial charge on any atom is 0.264 e. The molecule has 1 amide bonds. The Kier molecular flexibility index (Phi) is 5.59. The molecule has 0 radical (unpaired) electrons. The van der Waals surface area contributed by atoms with Crippen molar-refractivity contribution in [3.8, 4) is 11.1 Å². The van der Waals surface area contributed by atoms with Crippen molar-refractivity contribution in [3.05, 3.63) is 41.3 Å². The smallest absolute Gasteiger partial charge is 0.264 e. The average Bonchev–Trinajstić information content (AvgIpc) is 2.97. The molecule has 0 aliphatic carbocycles. The van der Waals surface area contributed by atoms with E-state index in [-0.39, 0.29) is 5.91 Å². The average molecular weight is 369 g/mol. The van der Waals surface area contributed by atoms with Gasteiger partial charge in [-0.2, -0.15) is 0 Å². The minimum absolute atomic E-state index is 0.230. The minimum Gasteiger partial charge on any atom is -0.363 e. The number of nitrogens with zero attached hydrogens (tertiary/aromatic N) is 2. The molecule has 2 aliphatic rings. The van der Waals surface area contributed by atoms with Crippen LogP contribution in [0.4, 0.5) is 5.00 Å². The second kappa shape index (κ2) is 8.26. The molecule has 0 saturated carbocycles. The van der Waals surface area contributed by atoms with Crippen LogP contribution in [0, 0.1) is 0 Å². The van der Waals surface area contributed by atoms with Crippen LogP contribution in [0.3, 0.4) is 0 Å². The predicted octanol–water partition coefficient (Wildman–Crippen LogP) is 5.42. The van der Waals surface area contributed by atoms with Crippen LogP contribution in [0.25, 0.3) is 11.1 Å². The van der Waals surface area contributed by atoms with E-state index < -0.39 is 0 Å². The van der Waals surface area contributed by atoms with Gasteiger partial charge in [-0.3, -0.25) is 4.79 Å². The normalized spacial score (nSPS) is 18.6. The Morgan fingerprint density at radius 3 is 2.12 bits per heavy atom. The zero-order valence-corrected chi connectivity index (χ0v) is 16.3. The Balaban J connectivity index is 1.68. The number of amides is 1. The summed E-state index contributed by atoms with van der Waals surface area (Å²) in [6.07, 6.45) is 8.68. The van der Waals surface area contributed by atoms with Crippen LogP contribution in [0.1, 0.15) is 54.6 Å². The maximum atomic E-state index is 13.1. The van der Waals surface area contributed by atoms with E-state index in [1.165, 1.54) is 48.2 Å². The highest BCUT2D eigenvalue weighted by atomic mass is 32.1. The molecule has 0 spiro atoms. The summed E-state index contributed by atoms with van der Waals surface area (Å²) in [5.74, 6) is 0.230. The van der Waals surface area contributed by atoms with Gasteiger partial charge in [0.25, 0.3) is 5.91 Å². The fourth-order valence-corrected chi connectivity index (χ4v) is 5.27. The van der Waals surface area contributed by atoms with Gasteiger partial charge >= 0.3 is 0 Å². The summed E-state index contributed by atoms with van der Waals surface area (Å²) in [6, 6.07) is 12.7. The first kappa shape index (κ1) is 17.6. The number of anilines is 1. The molecule has 4 rings (SSSR count). The zero-order chi connectivity index (χ0) is 17.8. The van der Waals surface area contributed by atoms with Crippen LogP contribution < -0.4 is 4.90 Å². The van der Waals surface area contributed by atoms with Crippen molar-refractivity contribution < 1.29 is 4.79 Å². The molecule has 26 heavy (non-hydrogen) atoms. The summed E-state index contributed by atoms with van der Waals surface area (Å²) in [6.45, 7) is 4.04. The van der Waals surface area contributed by atoms with Gasteiger partial charge in [-0.25, -0.2) is 0 Å². The molecule has 2 saturated heterocycles. The van der Waals surface area contributed by atoms with Gasteiger partial charge in [0.05, 0.1) is 9.88 Å². The van der Waals surface area contributed by atoms with Crippen LogP contribution in [0.2, 0.25) is 0 Å². The van der Waals surface area contributed by atoms with Crippen LogP contribution in [0.15, 0.2) is 36.4 Å². The van der Waals surface area contributed by atoms with E-state index in [0.717, 1.165) is 43.9 Å². The lowest BCUT2D eigenvalue weighted by Gasteiger charge is -2.26. The number of likely N-dealkylation sites (tertiary alicyclic amines) is 1. The fourth-order valence-electron chi connectivity index (χ4n) is 4.07. The van der Waals surface area contributed by atoms with E-state index in [9.17, 15) is 4.79 Å². The van der Waals surface area contributed by atoms with E-state index in [1.54, 1.807) is 11.3 Å². The molecule has 2 aliphatic heterocycles. The Bertz CT molecular complexity index is 726. The zero-order valence-electron chi connectivity index (χ0n) is 15.5. The van der Waals surface area contributed by atoms with E-state index in [2.05, 4.69) is 46.2 Å². The number of piperidine rings is 1. The number of carbonyl (C=O) groups is 1. The van der Waals surface area contributed by atoms with Gasteiger partial charge in [-0.1, -0.05) is 43.2 Å². The van der Waals surface area contributed by atoms with E-state index in [4.69, 9.17) is 0 Å². The molecule has 2 aromatic rings. The molecule has 4 heteroatoms. The SMILES string of the molecule is O=C(c1cc(-c2ccccc2)c(N2CCCCCC2)s1)N1CCCCC1. The van der Waals surface area contributed by atoms with Crippen molar-refractivity contribution in [1.29, 1.82) is 0 Å². The highest BCUT2D eigenvalue weighted by molar-refractivity contribution is 7.18. The van der Waals surface area contributed by atoms with Crippen LogP contribution in [0.5, 0.6) is 0 Å². The van der Waals surface area contributed by atoms with Gasteiger partial charge in [0.1, 0.15) is 0 Å². The molecule has 0 N–H and O–H groups in total. The second-order valence-electron chi connectivity index (χ2n) is 7.45. The molecule has 0 atom stereocenters. The van der Waals surface area contributed by atoms with E-state index in [1.807, 2.05) is 0 Å². The summed E-state index contributed by atoms with van der Waals surface area (Å²) in [5.41, 5.74) is 2.46. The van der Waals surface area contributed by atoms with Crippen LogP contribution >= 0.6 is 11.3 Å². The standard InChI is InChI=1S/C22H28N2OS/c25-21(23-13-9-4-10-14-23)20-17-19(18-11-5-3-6-12-18)22(26-20)24-15-7-1-2-8-16-24/h3,5-6,11-12,17H,1-2,4,7-10,13-16H2. The van der Waals surface area contributed by atoms with Gasteiger partial charge in [0.15, 0.2) is 0 Å². The first-order valence-corrected chi connectivity index (χ1v) is 10.9. The largest absolute Gasteiger partial charge is 0.363 e. The number of hydrogen-bond acceptors (Lipinski definition) is 3. The molecule has 1 aromatic carbocycles. The molecule has 3 heterocycles. The second-order valence-corrected chi connectivity index (χ2v) is 8.48. The summed E-state index contributed by atoms with van der Waals surface area (Å²) >= 11 is 1.71. The molecular weight excluding hydrogens is 340 g/mol. The molecular formula is C22H28N2OS.